The van der Waals surface area contributed by atoms with Gasteiger partial charge in [-0.25, -0.2) is 0 Å². The predicted octanol–water partition coefficient (Wildman–Crippen LogP) is 2.85. The summed E-state index contributed by atoms with van der Waals surface area (Å²) < 4.78 is 0. The van der Waals surface area contributed by atoms with E-state index in [4.69, 9.17) is 11.6 Å². The maximum Gasteiger partial charge on any atom is 0.0369 e. The lowest BCUT2D eigenvalue weighted by molar-refractivity contribution is 0.231. The van der Waals surface area contributed by atoms with Crippen LogP contribution in [0.1, 0.15) is 27.7 Å². The minimum atomic E-state index is 0.564. The first-order valence-corrected chi connectivity index (χ1v) is 6.92. The van der Waals surface area contributed by atoms with Crippen molar-refractivity contribution in [3.05, 3.63) is 22.3 Å². The lowest BCUT2D eigenvalue weighted by Gasteiger charge is -2.39. The molecule has 2 aliphatic rings. The van der Waals surface area contributed by atoms with Gasteiger partial charge >= 0.3 is 0 Å². The van der Waals surface area contributed by atoms with Crippen molar-refractivity contribution in [2.45, 2.75) is 39.8 Å². The Kier molecular flexibility index (Phi) is 3.96. The average molecular weight is 255 g/mol. The Bertz CT molecular complexity index is 355. The SMILES string of the molecule is CC(C)N1CC2=CCN(C(C)C)CC2=C(Cl)C1. The molecule has 0 aromatic carbocycles. The van der Waals surface area contributed by atoms with Crippen LogP contribution in [-0.4, -0.2) is 48.1 Å². The summed E-state index contributed by atoms with van der Waals surface area (Å²) in [6.45, 7) is 13.0. The predicted molar refractivity (Wildman–Crippen MR) is 74.4 cm³/mol. The fourth-order valence-electron chi connectivity index (χ4n) is 2.45. The van der Waals surface area contributed by atoms with Crippen LogP contribution >= 0.6 is 11.6 Å². The molecule has 0 radical (unpaired) electrons. The summed E-state index contributed by atoms with van der Waals surface area (Å²) in [6.07, 6.45) is 2.36. The quantitative estimate of drug-likeness (QED) is 0.748. The average Bonchev–Trinajstić information content (AvgIpc) is 2.28. The van der Waals surface area contributed by atoms with Gasteiger partial charge in [0.1, 0.15) is 0 Å². The molecule has 2 rings (SSSR count). The molecule has 0 atom stereocenters. The third-order valence-electron chi connectivity index (χ3n) is 3.82. The smallest absolute Gasteiger partial charge is 0.0369 e. The fourth-order valence-corrected chi connectivity index (χ4v) is 2.78. The van der Waals surface area contributed by atoms with E-state index in [1.807, 2.05) is 0 Å². The fraction of sp³-hybridized carbons (Fsp3) is 0.714. The Morgan fingerprint density at radius 2 is 1.65 bits per heavy atom. The first-order chi connectivity index (χ1) is 7.99. The van der Waals surface area contributed by atoms with Crippen LogP contribution in [-0.2, 0) is 0 Å². The van der Waals surface area contributed by atoms with E-state index in [2.05, 4.69) is 43.6 Å². The van der Waals surface area contributed by atoms with Gasteiger partial charge < -0.3 is 0 Å². The van der Waals surface area contributed by atoms with Gasteiger partial charge in [0.05, 0.1) is 0 Å². The Hall–Kier alpha value is -0.310. The zero-order valence-electron chi connectivity index (χ0n) is 11.3. The first-order valence-electron chi connectivity index (χ1n) is 6.54. The molecule has 17 heavy (non-hydrogen) atoms. The maximum absolute atomic E-state index is 6.47. The van der Waals surface area contributed by atoms with Gasteiger partial charge in [-0.1, -0.05) is 17.7 Å². The maximum atomic E-state index is 6.47. The van der Waals surface area contributed by atoms with Gasteiger partial charge in [0, 0.05) is 43.3 Å². The summed E-state index contributed by atoms with van der Waals surface area (Å²) >= 11 is 6.47. The van der Waals surface area contributed by atoms with Crippen molar-refractivity contribution in [1.29, 1.82) is 0 Å². The normalized spacial score (nSPS) is 23.4. The monoisotopic (exact) mass is 254 g/mol. The van der Waals surface area contributed by atoms with E-state index in [0.717, 1.165) is 31.2 Å². The highest BCUT2D eigenvalue weighted by atomic mass is 35.5. The highest BCUT2D eigenvalue weighted by Gasteiger charge is 2.27. The van der Waals surface area contributed by atoms with Gasteiger partial charge in [-0.3, -0.25) is 9.80 Å². The number of hydrogen-bond donors (Lipinski definition) is 0. The molecule has 2 aliphatic heterocycles. The van der Waals surface area contributed by atoms with Crippen molar-refractivity contribution < 1.29 is 0 Å². The van der Waals surface area contributed by atoms with Crippen LogP contribution in [0, 0.1) is 0 Å². The lowest BCUT2D eigenvalue weighted by atomic mass is 9.95. The zero-order valence-corrected chi connectivity index (χ0v) is 12.1. The third-order valence-corrected chi connectivity index (χ3v) is 4.17. The topological polar surface area (TPSA) is 6.48 Å². The molecule has 2 nitrogen and oxygen atoms in total. The molecular formula is C14H23ClN2. The zero-order chi connectivity index (χ0) is 12.6. The molecule has 0 unspecified atom stereocenters. The Morgan fingerprint density at radius 1 is 1.00 bits per heavy atom. The van der Waals surface area contributed by atoms with E-state index in [-0.39, 0.29) is 0 Å². The van der Waals surface area contributed by atoms with Crippen molar-refractivity contribution in [3.63, 3.8) is 0 Å². The van der Waals surface area contributed by atoms with Crippen LogP contribution in [0.3, 0.4) is 0 Å². The molecule has 0 saturated carbocycles. The highest BCUT2D eigenvalue weighted by Crippen LogP contribution is 2.30. The molecule has 96 valence electrons. The second kappa shape index (κ2) is 5.13. The number of rotatable bonds is 2. The molecule has 2 heterocycles. The van der Waals surface area contributed by atoms with Gasteiger partial charge in [0.25, 0.3) is 0 Å². The summed E-state index contributed by atoms with van der Waals surface area (Å²) in [5, 5.41) is 1.04. The summed E-state index contributed by atoms with van der Waals surface area (Å²) in [6, 6.07) is 1.15. The minimum Gasteiger partial charge on any atom is -0.293 e. The van der Waals surface area contributed by atoms with Crippen LogP contribution in [0.2, 0.25) is 0 Å². The van der Waals surface area contributed by atoms with Crippen LogP contribution in [0.15, 0.2) is 22.3 Å². The molecule has 0 amide bonds. The van der Waals surface area contributed by atoms with E-state index >= 15 is 0 Å². The molecule has 0 spiro atoms. The number of nitrogens with zero attached hydrogens (tertiary/aromatic N) is 2. The second-order valence-corrected chi connectivity index (χ2v) is 6.09. The largest absolute Gasteiger partial charge is 0.293 e. The van der Waals surface area contributed by atoms with Crippen molar-refractivity contribution >= 4 is 11.6 Å². The molecule has 0 bridgehead atoms. The standard InChI is InChI=1S/C14H23ClN2/c1-10(2)16-6-5-12-7-17(11(3)4)9-14(15)13(12)8-16/h5,10-11H,6-9H2,1-4H3. The van der Waals surface area contributed by atoms with Gasteiger partial charge in [-0.15, -0.1) is 0 Å². The Morgan fingerprint density at radius 3 is 2.24 bits per heavy atom. The third kappa shape index (κ3) is 2.75. The lowest BCUT2D eigenvalue weighted by Crippen LogP contribution is -2.43. The summed E-state index contributed by atoms with van der Waals surface area (Å²) in [7, 11) is 0. The minimum absolute atomic E-state index is 0.564. The van der Waals surface area contributed by atoms with Crippen molar-refractivity contribution in [3.8, 4) is 0 Å². The van der Waals surface area contributed by atoms with Crippen LogP contribution in [0.5, 0.6) is 0 Å². The summed E-state index contributed by atoms with van der Waals surface area (Å²) in [4.78, 5) is 4.90. The van der Waals surface area contributed by atoms with E-state index in [9.17, 15) is 0 Å². The van der Waals surface area contributed by atoms with Gasteiger partial charge in [0.2, 0.25) is 0 Å². The van der Waals surface area contributed by atoms with Gasteiger partial charge in [-0.05, 0) is 38.8 Å². The summed E-state index contributed by atoms with van der Waals surface area (Å²) in [5.74, 6) is 0. The molecule has 3 heteroatoms. The molecule has 0 aliphatic carbocycles. The molecule has 0 fully saturated rings. The number of fused-ring (bicyclic) bond motifs is 1. The van der Waals surface area contributed by atoms with Crippen LogP contribution in [0.4, 0.5) is 0 Å². The molecule has 0 saturated heterocycles. The molecular weight excluding hydrogens is 232 g/mol. The van der Waals surface area contributed by atoms with Gasteiger partial charge in [0.15, 0.2) is 0 Å². The second-order valence-electron chi connectivity index (χ2n) is 5.63. The number of halogens is 1. The Labute approximate surface area is 110 Å². The highest BCUT2D eigenvalue weighted by molar-refractivity contribution is 6.30. The van der Waals surface area contributed by atoms with Crippen molar-refractivity contribution in [2.24, 2.45) is 0 Å². The van der Waals surface area contributed by atoms with Crippen LogP contribution < -0.4 is 0 Å². The van der Waals surface area contributed by atoms with E-state index in [1.54, 1.807) is 0 Å². The first kappa shape index (κ1) is 13.1. The molecule has 0 aromatic rings. The van der Waals surface area contributed by atoms with E-state index in [1.165, 1.54) is 11.1 Å². The van der Waals surface area contributed by atoms with Crippen molar-refractivity contribution in [1.82, 2.24) is 9.80 Å². The van der Waals surface area contributed by atoms with E-state index < -0.39 is 0 Å². The molecule has 0 N–H and O–H groups in total. The molecule has 0 aromatic heterocycles. The van der Waals surface area contributed by atoms with Gasteiger partial charge in [-0.2, -0.15) is 0 Å². The Balaban J connectivity index is 2.20. The number of hydrogen-bond acceptors (Lipinski definition) is 2. The summed E-state index contributed by atoms with van der Waals surface area (Å²) in [5.41, 5.74) is 2.83. The van der Waals surface area contributed by atoms with E-state index in [0.29, 0.717) is 12.1 Å². The van der Waals surface area contributed by atoms with Crippen LogP contribution in [0.25, 0.3) is 0 Å². The van der Waals surface area contributed by atoms with Crippen molar-refractivity contribution in [2.75, 3.05) is 26.2 Å².